The fourth-order valence-corrected chi connectivity index (χ4v) is 10.6. The number of aliphatic hydroxyl groups excluding tert-OH is 2. The van der Waals surface area contributed by atoms with Gasteiger partial charge in [-0.1, -0.05) is 58.9 Å². The number of benzene rings is 2. The molecule has 0 radical (unpaired) electrons. The Kier molecular flexibility index (Phi) is 12.9. The van der Waals surface area contributed by atoms with E-state index in [1.807, 2.05) is 63.4 Å². The number of fused-ring (bicyclic) bond motifs is 2. The minimum atomic E-state index is -0.727. The van der Waals surface area contributed by atoms with Crippen molar-refractivity contribution in [3.8, 4) is 16.9 Å². The van der Waals surface area contributed by atoms with Gasteiger partial charge < -0.3 is 35.4 Å². The molecule has 4 saturated carbocycles. The molecule has 2 aromatic rings. The SMILES string of the molecule is COc1c(CC2C[C@@H](CO)[C@@H]([C@H](C)O)[C@H]2C(=O)N[C@H]2C[C@@H]3C[C@@H]([C@@H]2C)C3(C)C)cccc1-c1ccc(N(C)C)c(C(=O)N[C@@H](CC(C)C)CN(C)C)c1. The van der Waals surface area contributed by atoms with E-state index in [1.54, 1.807) is 14.0 Å². The maximum Gasteiger partial charge on any atom is 0.253 e. The number of nitrogens with one attached hydrogen (secondary N) is 2. The van der Waals surface area contributed by atoms with Crippen molar-refractivity contribution in [3.05, 3.63) is 47.5 Å². The van der Waals surface area contributed by atoms with Crippen molar-refractivity contribution in [2.24, 2.45) is 52.8 Å². The highest BCUT2D eigenvalue weighted by atomic mass is 16.5. The number of carbonyl (C=O) groups excluding carboxylic acids is 2. The largest absolute Gasteiger partial charge is 0.496 e. The van der Waals surface area contributed by atoms with Crippen molar-refractivity contribution in [3.63, 3.8) is 0 Å². The van der Waals surface area contributed by atoms with Crippen molar-refractivity contribution in [2.45, 2.75) is 91.8 Å². The Morgan fingerprint density at radius 1 is 1.02 bits per heavy atom. The van der Waals surface area contributed by atoms with Crippen molar-refractivity contribution >= 4 is 17.5 Å². The summed E-state index contributed by atoms with van der Waals surface area (Å²) in [6, 6.07) is 12.2. The van der Waals surface area contributed by atoms with Gasteiger partial charge in [0, 0.05) is 62.4 Å². The van der Waals surface area contributed by atoms with Crippen LogP contribution in [0.2, 0.25) is 0 Å². The van der Waals surface area contributed by atoms with E-state index < -0.39 is 12.0 Å². The summed E-state index contributed by atoms with van der Waals surface area (Å²) in [6.45, 7) is 13.8. The molecule has 4 fully saturated rings. The number of hydrogen-bond acceptors (Lipinski definition) is 7. The number of aliphatic hydroxyl groups is 2. The molecule has 10 atom stereocenters. The predicted octanol–water partition coefficient (Wildman–Crippen LogP) is 6.11. The van der Waals surface area contributed by atoms with Gasteiger partial charge in [-0.2, -0.15) is 0 Å². The Bertz CT molecular complexity index is 1580. The maximum atomic E-state index is 14.4. The van der Waals surface area contributed by atoms with Crippen LogP contribution in [0.15, 0.2) is 36.4 Å². The van der Waals surface area contributed by atoms with Gasteiger partial charge in [0.1, 0.15) is 5.75 Å². The topological polar surface area (TPSA) is 114 Å². The maximum absolute atomic E-state index is 14.4. The zero-order chi connectivity index (χ0) is 38.9. The molecule has 9 heteroatoms. The molecule has 1 unspecified atom stereocenters. The third-order valence-electron chi connectivity index (χ3n) is 13.3. The van der Waals surface area contributed by atoms with E-state index >= 15 is 0 Å². The van der Waals surface area contributed by atoms with Gasteiger partial charge in [-0.05, 0) is 117 Å². The van der Waals surface area contributed by atoms with Crippen LogP contribution in [0.4, 0.5) is 5.69 Å². The third kappa shape index (κ3) is 8.57. The standard InChI is InChI=1S/C44H68N4O5/c1-25(2)17-33(23-47(7)8)45-42(51)35-20-28(15-16-38(35)48(9)10)34-14-12-13-29(41(34)53-11)18-30-19-31(24-49)39(27(4)50)40(30)43(52)46-37-22-32-21-36(26(37)3)44(32,5)6/h12-16,20,25-27,30-33,36-37,39-40,49-50H,17-19,21-24H2,1-11H3,(H,45,51)(H,46,52)/t26-,27-,30?,31-,32-,33-,36-,37-,39+,40-/m0/s1. The second-order valence-corrected chi connectivity index (χ2v) is 18.2. The lowest BCUT2D eigenvalue weighted by Gasteiger charge is -2.62. The molecule has 6 rings (SSSR count). The fourth-order valence-electron chi connectivity index (χ4n) is 10.6. The van der Waals surface area contributed by atoms with E-state index in [9.17, 15) is 19.8 Å². The number of para-hydroxylation sites is 1. The summed E-state index contributed by atoms with van der Waals surface area (Å²) in [6.07, 6.45) is 3.59. The van der Waals surface area contributed by atoms with Crippen LogP contribution in [0, 0.1) is 52.8 Å². The van der Waals surface area contributed by atoms with Gasteiger partial charge in [0.05, 0.1) is 18.8 Å². The summed E-state index contributed by atoms with van der Waals surface area (Å²) in [5, 5.41) is 28.3. The molecule has 4 aliphatic carbocycles. The number of rotatable bonds is 15. The van der Waals surface area contributed by atoms with E-state index in [1.165, 1.54) is 6.42 Å². The molecule has 0 spiro atoms. The molecule has 2 bridgehead atoms. The molecule has 294 valence electrons. The van der Waals surface area contributed by atoms with Crippen molar-refractivity contribution < 1.29 is 24.5 Å². The monoisotopic (exact) mass is 733 g/mol. The second kappa shape index (κ2) is 16.7. The Morgan fingerprint density at radius 3 is 2.30 bits per heavy atom. The molecule has 4 aliphatic rings. The van der Waals surface area contributed by atoms with Gasteiger partial charge in [-0.25, -0.2) is 0 Å². The summed E-state index contributed by atoms with van der Waals surface area (Å²) in [5.41, 5.74) is 4.47. The Labute approximate surface area is 319 Å². The molecule has 0 aromatic heterocycles. The van der Waals surface area contributed by atoms with Crippen LogP contribution in [0.1, 0.15) is 83.1 Å². The lowest BCUT2D eigenvalue weighted by molar-refractivity contribution is -0.140. The number of amides is 2. The van der Waals surface area contributed by atoms with Crippen LogP contribution < -0.4 is 20.3 Å². The highest BCUT2D eigenvalue weighted by Crippen LogP contribution is 2.61. The van der Waals surface area contributed by atoms with Gasteiger partial charge in [0.15, 0.2) is 0 Å². The van der Waals surface area contributed by atoms with Crippen LogP contribution >= 0.6 is 0 Å². The minimum Gasteiger partial charge on any atom is -0.496 e. The first-order valence-electron chi connectivity index (χ1n) is 20.0. The summed E-state index contributed by atoms with van der Waals surface area (Å²) in [7, 11) is 9.63. The number of anilines is 1. The number of ether oxygens (including phenoxy) is 1. The van der Waals surface area contributed by atoms with Crippen molar-refractivity contribution in [2.75, 3.05) is 53.4 Å². The van der Waals surface area contributed by atoms with Crippen LogP contribution in [0.25, 0.3) is 11.1 Å². The first kappa shape index (κ1) is 41.0. The molecule has 0 aliphatic heterocycles. The van der Waals surface area contributed by atoms with E-state index in [-0.39, 0.29) is 48.3 Å². The second-order valence-electron chi connectivity index (χ2n) is 18.2. The van der Waals surface area contributed by atoms with E-state index in [4.69, 9.17) is 4.74 Å². The smallest absolute Gasteiger partial charge is 0.253 e. The number of likely N-dealkylation sites (N-methyl/N-ethyl adjacent to an activating group) is 1. The van der Waals surface area contributed by atoms with Crippen LogP contribution in [0.3, 0.4) is 0 Å². The molecule has 53 heavy (non-hydrogen) atoms. The molecule has 2 aromatic carbocycles. The molecule has 2 amide bonds. The van der Waals surface area contributed by atoms with E-state index in [0.29, 0.717) is 53.2 Å². The molecular weight excluding hydrogens is 665 g/mol. The summed E-state index contributed by atoms with van der Waals surface area (Å²) < 4.78 is 6.15. The van der Waals surface area contributed by atoms with Crippen LogP contribution in [-0.2, 0) is 11.2 Å². The van der Waals surface area contributed by atoms with E-state index in [0.717, 1.165) is 41.8 Å². The highest BCUT2D eigenvalue weighted by molar-refractivity contribution is 6.01. The lowest BCUT2D eigenvalue weighted by atomic mass is 9.44. The predicted molar refractivity (Wildman–Crippen MR) is 214 cm³/mol. The molecule has 0 saturated heterocycles. The van der Waals surface area contributed by atoms with Gasteiger partial charge in [-0.15, -0.1) is 0 Å². The minimum absolute atomic E-state index is 0.00268. The average Bonchev–Trinajstić information content (AvgIpc) is 3.46. The number of carbonyl (C=O) groups is 2. The fraction of sp³-hybridized carbons (Fsp3) is 0.682. The number of nitrogens with zero attached hydrogens (tertiary/aromatic N) is 2. The first-order valence-corrected chi connectivity index (χ1v) is 20.0. The zero-order valence-electron chi connectivity index (χ0n) is 34.3. The molecular formula is C44H68N4O5. The van der Waals surface area contributed by atoms with Crippen molar-refractivity contribution in [1.82, 2.24) is 15.5 Å². The van der Waals surface area contributed by atoms with Crippen molar-refractivity contribution in [1.29, 1.82) is 0 Å². The Balaban J connectivity index is 1.44. The van der Waals surface area contributed by atoms with Gasteiger partial charge in [-0.3, -0.25) is 9.59 Å². The van der Waals surface area contributed by atoms with Gasteiger partial charge in [0.25, 0.3) is 5.91 Å². The van der Waals surface area contributed by atoms with E-state index in [2.05, 4.69) is 56.2 Å². The summed E-state index contributed by atoms with van der Waals surface area (Å²) in [4.78, 5) is 32.4. The van der Waals surface area contributed by atoms with Crippen LogP contribution in [-0.4, -0.2) is 93.6 Å². The normalized spacial score (nSPS) is 28.7. The number of methoxy groups -OCH3 is 1. The zero-order valence-corrected chi connectivity index (χ0v) is 34.3. The number of hydrogen-bond donors (Lipinski definition) is 4. The lowest BCUT2D eigenvalue weighted by Crippen LogP contribution is -2.61. The average molecular weight is 733 g/mol. The highest BCUT2D eigenvalue weighted by Gasteiger charge is 2.57. The van der Waals surface area contributed by atoms with Gasteiger partial charge >= 0.3 is 0 Å². The molecule has 9 nitrogen and oxygen atoms in total. The summed E-state index contributed by atoms with van der Waals surface area (Å²) in [5.74, 6) is 1.64. The summed E-state index contributed by atoms with van der Waals surface area (Å²) >= 11 is 0. The molecule has 4 N–H and O–H groups in total. The molecule has 0 heterocycles. The first-order chi connectivity index (χ1) is 25.0. The van der Waals surface area contributed by atoms with Gasteiger partial charge in [0.2, 0.25) is 5.91 Å². The Hall–Kier alpha value is -3.14. The third-order valence-corrected chi connectivity index (χ3v) is 13.3. The quantitative estimate of drug-likeness (QED) is 0.175. The van der Waals surface area contributed by atoms with Crippen LogP contribution in [0.5, 0.6) is 5.75 Å². The Morgan fingerprint density at radius 2 is 1.74 bits per heavy atom.